The zero-order valence-corrected chi connectivity index (χ0v) is 20.9. The van der Waals surface area contributed by atoms with E-state index < -0.39 is 5.91 Å². The van der Waals surface area contributed by atoms with Crippen LogP contribution in [0.25, 0.3) is 17.0 Å². The SMILES string of the molecule is N=C1/C(=C/c2cn(CCOc3ccc(Cl)cc3)c3ccccc23)C(=O)N=C2SC(c3cccnc3)=NN12. The number of thioether (sulfide) groups is 1. The lowest BCUT2D eigenvalue weighted by molar-refractivity contribution is -0.114. The van der Waals surface area contributed by atoms with Crippen LogP contribution in [0.4, 0.5) is 0 Å². The largest absolute Gasteiger partial charge is 0.492 e. The van der Waals surface area contributed by atoms with E-state index in [9.17, 15) is 4.79 Å². The Labute approximate surface area is 221 Å². The van der Waals surface area contributed by atoms with E-state index >= 15 is 0 Å². The molecular formula is C27H19ClN6O2S. The number of aromatic nitrogens is 2. The Kier molecular flexibility index (Phi) is 6.07. The van der Waals surface area contributed by atoms with E-state index in [1.807, 2.05) is 54.7 Å². The molecule has 2 aromatic heterocycles. The zero-order chi connectivity index (χ0) is 25.4. The van der Waals surface area contributed by atoms with Gasteiger partial charge in [-0.2, -0.15) is 15.1 Å². The van der Waals surface area contributed by atoms with Crippen molar-refractivity contribution in [3.05, 3.63) is 101 Å². The number of hydrazone groups is 1. The van der Waals surface area contributed by atoms with Gasteiger partial charge in [0, 0.05) is 45.6 Å². The van der Waals surface area contributed by atoms with Crippen LogP contribution in [0.15, 0.2) is 94.9 Å². The molecule has 8 nitrogen and oxygen atoms in total. The van der Waals surface area contributed by atoms with Crippen LogP contribution in [0.2, 0.25) is 5.02 Å². The highest BCUT2D eigenvalue weighted by Crippen LogP contribution is 2.32. The molecule has 0 spiro atoms. The predicted molar refractivity (Wildman–Crippen MR) is 147 cm³/mol. The van der Waals surface area contributed by atoms with Gasteiger partial charge in [-0.15, -0.1) is 0 Å². The normalized spacial score (nSPS) is 16.2. The van der Waals surface area contributed by atoms with E-state index in [1.54, 1.807) is 30.6 Å². The molecule has 0 unspecified atom stereocenters. The van der Waals surface area contributed by atoms with Gasteiger partial charge in [-0.25, -0.2) is 0 Å². The summed E-state index contributed by atoms with van der Waals surface area (Å²) in [5, 5.41) is 17.3. The van der Waals surface area contributed by atoms with Crippen molar-refractivity contribution in [1.82, 2.24) is 14.6 Å². The number of halogens is 1. The first-order valence-corrected chi connectivity index (χ1v) is 12.6. The molecule has 0 radical (unpaired) electrons. The number of nitrogens with zero attached hydrogens (tertiary/aromatic N) is 5. The van der Waals surface area contributed by atoms with E-state index in [2.05, 4.69) is 19.6 Å². The van der Waals surface area contributed by atoms with E-state index in [0.29, 0.717) is 28.4 Å². The van der Waals surface area contributed by atoms with Crippen LogP contribution in [0, 0.1) is 5.41 Å². The molecule has 1 N–H and O–H groups in total. The van der Waals surface area contributed by atoms with Gasteiger partial charge >= 0.3 is 0 Å². The van der Waals surface area contributed by atoms with E-state index in [4.69, 9.17) is 21.7 Å². The molecule has 6 rings (SSSR count). The minimum atomic E-state index is -0.464. The number of ether oxygens (including phenoxy) is 1. The Balaban J connectivity index is 1.28. The molecule has 0 aliphatic carbocycles. The molecule has 37 heavy (non-hydrogen) atoms. The van der Waals surface area contributed by atoms with Crippen molar-refractivity contribution in [2.24, 2.45) is 10.1 Å². The number of carbonyl (C=O) groups is 1. The number of nitrogens with one attached hydrogen (secondary N) is 1. The van der Waals surface area contributed by atoms with Crippen LogP contribution in [-0.4, -0.2) is 43.1 Å². The standard InChI is InChI=1S/C27H19ClN6O2S/c28-19-7-9-20(10-8-19)36-13-12-33-16-18(21-5-1-2-6-23(21)33)14-22-24(29)34-27(31-25(22)35)37-26(32-34)17-4-3-11-30-15-17/h1-11,14-16,29H,12-13H2/b22-14-,29-24?. The summed E-state index contributed by atoms with van der Waals surface area (Å²) in [5.74, 6) is 0.270. The molecule has 0 bridgehead atoms. The number of hydrogen-bond acceptors (Lipinski definition) is 6. The molecule has 2 aliphatic rings. The van der Waals surface area contributed by atoms with Crippen LogP contribution in [0.1, 0.15) is 11.1 Å². The smallest absolute Gasteiger partial charge is 0.283 e. The summed E-state index contributed by atoms with van der Waals surface area (Å²) in [4.78, 5) is 21.3. The first-order valence-electron chi connectivity index (χ1n) is 11.4. The number of rotatable bonds is 6. The maximum atomic E-state index is 13.0. The summed E-state index contributed by atoms with van der Waals surface area (Å²) < 4.78 is 7.95. The fraction of sp³-hybridized carbons (Fsp3) is 0.0741. The Hall–Kier alpha value is -4.21. The van der Waals surface area contributed by atoms with Crippen molar-refractivity contribution in [1.29, 1.82) is 5.41 Å². The lowest BCUT2D eigenvalue weighted by Crippen LogP contribution is -2.35. The summed E-state index contributed by atoms with van der Waals surface area (Å²) in [6.45, 7) is 1.05. The third kappa shape index (κ3) is 4.54. The number of fused-ring (bicyclic) bond motifs is 2. The van der Waals surface area contributed by atoms with Crippen molar-refractivity contribution in [3.63, 3.8) is 0 Å². The second-order valence-electron chi connectivity index (χ2n) is 8.26. The van der Waals surface area contributed by atoms with Crippen molar-refractivity contribution < 1.29 is 9.53 Å². The first-order chi connectivity index (χ1) is 18.1. The van der Waals surface area contributed by atoms with Crippen LogP contribution >= 0.6 is 23.4 Å². The van der Waals surface area contributed by atoms with Gasteiger partial charge < -0.3 is 9.30 Å². The van der Waals surface area contributed by atoms with Crippen molar-refractivity contribution in [2.75, 3.05) is 6.61 Å². The Morgan fingerprint density at radius 1 is 1.08 bits per heavy atom. The van der Waals surface area contributed by atoms with Gasteiger partial charge in [-0.3, -0.25) is 15.2 Å². The molecule has 4 aromatic rings. The second-order valence-corrected chi connectivity index (χ2v) is 9.66. The highest BCUT2D eigenvalue weighted by molar-refractivity contribution is 8.27. The number of amidine groups is 2. The van der Waals surface area contributed by atoms with Crippen molar-refractivity contribution in [3.8, 4) is 5.75 Å². The van der Waals surface area contributed by atoms with Gasteiger partial charge in [0.05, 0.1) is 12.1 Å². The Morgan fingerprint density at radius 2 is 1.92 bits per heavy atom. The molecule has 4 heterocycles. The fourth-order valence-corrected chi connectivity index (χ4v) is 5.13. The maximum absolute atomic E-state index is 13.0. The number of hydrogen-bond donors (Lipinski definition) is 1. The number of aliphatic imine (C=N–C) groups is 1. The highest BCUT2D eigenvalue weighted by Gasteiger charge is 2.36. The summed E-state index contributed by atoms with van der Waals surface area (Å²) in [5.41, 5.74) is 2.80. The van der Waals surface area contributed by atoms with Crippen LogP contribution in [0.3, 0.4) is 0 Å². The van der Waals surface area contributed by atoms with Gasteiger partial charge in [0.15, 0.2) is 5.84 Å². The number of benzene rings is 2. The third-order valence-electron chi connectivity index (χ3n) is 5.90. The molecule has 182 valence electrons. The summed E-state index contributed by atoms with van der Waals surface area (Å²) in [6.07, 6.45) is 7.05. The lowest BCUT2D eigenvalue weighted by Gasteiger charge is -2.20. The summed E-state index contributed by atoms with van der Waals surface area (Å²) in [6, 6.07) is 18.9. The van der Waals surface area contributed by atoms with Crippen molar-refractivity contribution >= 4 is 62.3 Å². The van der Waals surface area contributed by atoms with Crippen molar-refractivity contribution in [2.45, 2.75) is 6.54 Å². The summed E-state index contributed by atoms with van der Waals surface area (Å²) >= 11 is 7.20. The number of para-hydroxylation sites is 1. The van der Waals surface area contributed by atoms with E-state index in [1.165, 1.54) is 16.8 Å². The quantitative estimate of drug-likeness (QED) is 0.338. The summed E-state index contributed by atoms with van der Waals surface area (Å²) in [7, 11) is 0. The first kappa shape index (κ1) is 23.2. The minimum Gasteiger partial charge on any atom is -0.492 e. The number of amides is 1. The third-order valence-corrected chi connectivity index (χ3v) is 7.11. The molecular weight excluding hydrogens is 508 g/mol. The molecule has 0 fully saturated rings. The molecule has 0 atom stereocenters. The average Bonchev–Trinajstić information content (AvgIpc) is 3.50. The van der Waals surface area contributed by atoms with Gasteiger partial charge in [-0.1, -0.05) is 29.8 Å². The maximum Gasteiger partial charge on any atom is 0.283 e. The van der Waals surface area contributed by atoms with Gasteiger partial charge in [0.25, 0.3) is 5.91 Å². The monoisotopic (exact) mass is 526 g/mol. The number of pyridine rings is 1. The average molecular weight is 527 g/mol. The lowest BCUT2D eigenvalue weighted by atomic mass is 10.1. The van der Waals surface area contributed by atoms with E-state index in [-0.39, 0.29) is 11.4 Å². The molecule has 10 heteroatoms. The van der Waals surface area contributed by atoms with Crippen LogP contribution in [0.5, 0.6) is 5.75 Å². The van der Waals surface area contributed by atoms with Crippen LogP contribution < -0.4 is 4.74 Å². The zero-order valence-electron chi connectivity index (χ0n) is 19.3. The predicted octanol–water partition coefficient (Wildman–Crippen LogP) is 5.44. The van der Waals surface area contributed by atoms with Crippen LogP contribution in [-0.2, 0) is 11.3 Å². The number of carbonyl (C=O) groups excluding carboxylic acids is 1. The minimum absolute atomic E-state index is 0.00991. The fourth-order valence-electron chi connectivity index (χ4n) is 4.12. The molecule has 2 aromatic carbocycles. The highest BCUT2D eigenvalue weighted by atomic mass is 35.5. The molecule has 0 saturated heterocycles. The molecule has 0 saturated carbocycles. The molecule has 2 aliphatic heterocycles. The second kappa shape index (κ2) is 9.68. The van der Waals surface area contributed by atoms with E-state index in [0.717, 1.165) is 27.8 Å². The Morgan fingerprint density at radius 3 is 2.73 bits per heavy atom. The van der Waals surface area contributed by atoms with Gasteiger partial charge in [0.2, 0.25) is 5.17 Å². The Bertz CT molecular complexity index is 1630. The molecule has 1 amide bonds. The topological polar surface area (TPSA) is 95.9 Å². The van der Waals surface area contributed by atoms with Gasteiger partial charge in [0.1, 0.15) is 17.4 Å². The van der Waals surface area contributed by atoms with Gasteiger partial charge in [-0.05, 0) is 60.3 Å².